The fourth-order valence-electron chi connectivity index (χ4n) is 1.87. The van der Waals surface area contributed by atoms with Crippen LogP contribution in [0.1, 0.15) is 35.7 Å². The Balaban J connectivity index is 2.74. The van der Waals surface area contributed by atoms with E-state index in [0.29, 0.717) is 12.0 Å². The number of hydrogen-bond acceptors (Lipinski definition) is 4. The van der Waals surface area contributed by atoms with Gasteiger partial charge in [-0.25, -0.2) is 0 Å². The van der Waals surface area contributed by atoms with Crippen LogP contribution in [0.4, 0.5) is 0 Å². The van der Waals surface area contributed by atoms with Gasteiger partial charge in [0.2, 0.25) is 0 Å². The maximum atomic E-state index is 12.1. The lowest BCUT2D eigenvalue weighted by atomic mass is 10.1. The summed E-state index contributed by atoms with van der Waals surface area (Å²) in [4.78, 5) is 23.4. The van der Waals surface area contributed by atoms with Crippen LogP contribution < -0.4 is 10.1 Å². The number of carbonyl (C=O) groups excluding carboxylic acids is 2. The predicted molar refractivity (Wildman–Crippen MR) is 75.9 cm³/mol. The number of esters is 1. The van der Waals surface area contributed by atoms with Gasteiger partial charge >= 0.3 is 5.97 Å². The van der Waals surface area contributed by atoms with Gasteiger partial charge in [0, 0.05) is 11.6 Å². The Bertz CT molecular complexity index is 485. The number of hydrogen-bond donors (Lipinski definition) is 1. The minimum absolute atomic E-state index is 0.174. The third-order valence-corrected chi connectivity index (χ3v) is 3.13. The highest BCUT2D eigenvalue weighted by Crippen LogP contribution is 2.18. The number of nitrogens with one attached hydrogen (secondary N) is 1. The van der Waals surface area contributed by atoms with E-state index in [0.717, 1.165) is 11.3 Å². The van der Waals surface area contributed by atoms with Crippen molar-refractivity contribution < 1.29 is 19.1 Å². The summed E-state index contributed by atoms with van der Waals surface area (Å²) in [5, 5.41) is 2.83. The van der Waals surface area contributed by atoms with Crippen molar-refractivity contribution in [1.82, 2.24) is 5.32 Å². The van der Waals surface area contributed by atoms with Gasteiger partial charge in [-0.15, -0.1) is 0 Å². The maximum absolute atomic E-state index is 12.1. The molecule has 5 nitrogen and oxygen atoms in total. The van der Waals surface area contributed by atoms with E-state index >= 15 is 0 Å². The summed E-state index contributed by atoms with van der Waals surface area (Å²) in [6.45, 7) is 3.79. The second-order valence-electron chi connectivity index (χ2n) is 4.54. The molecule has 110 valence electrons. The van der Waals surface area contributed by atoms with Crippen LogP contribution >= 0.6 is 0 Å². The van der Waals surface area contributed by atoms with Crippen molar-refractivity contribution in [2.45, 2.75) is 32.7 Å². The molecule has 0 saturated heterocycles. The Morgan fingerprint density at radius 3 is 2.50 bits per heavy atom. The van der Waals surface area contributed by atoms with Gasteiger partial charge in [0.15, 0.2) is 0 Å². The molecule has 20 heavy (non-hydrogen) atoms. The van der Waals surface area contributed by atoms with Crippen molar-refractivity contribution in [3.8, 4) is 5.75 Å². The SMILES string of the molecule is CCC(CC(=O)OC)NC(=O)c1ccc(OC)c(C)c1. The summed E-state index contributed by atoms with van der Waals surface area (Å²) >= 11 is 0. The van der Waals surface area contributed by atoms with Gasteiger partial charge in [0.25, 0.3) is 5.91 Å². The number of aryl methyl sites for hydroxylation is 1. The van der Waals surface area contributed by atoms with E-state index in [4.69, 9.17) is 4.74 Å². The molecule has 0 spiro atoms. The monoisotopic (exact) mass is 279 g/mol. The van der Waals surface area contributed by atoms with Crippen LogP contribution in [0.2, 0.25) is 0 Å². The molecule has 0 aliphatic carbocycles. The summed E-state index contributed by atoms with van der Waals surface area (Å²) in [5.41, 5.74) is 1.44. The molecule has 1 rings (SSSR count). The lowest BCUT2D eigenvalue weighted by Gasteiger charge is -2.16. The van der Waals surface area contributed by atoms with Gasteiger partial charge in [-0.3, -0.25) is 9.59 Å². The Morgan fingerprint density at radius 2 is 2.00 bits per heavy atom. The molecule has 0 radical (unpaired) electrons. The zero-order chi connectivity index (χ0) is 15.1. The minimum Gasteiger partial charge on any atom is -0.496 e. The summed E-state index contributed by atoms with van der Waals surface area (Å²) in [5.74, 6) is 0.206. The fraction of sp³-hybridized carbons (Fsp3) is 0.467. The second kappa shape index (κ2) is 7.53. The lowest BCUT2D eigenvalue weighted by molar-refractivity contribution is -0.141. The summed E-state index contributed by atoms with van der Waals surface area (Å²) in [7, 11) is 2.93. The van der Waals surface area contributed by atoms with Gasteiger partial charge in [-0.2, -0.15) is 0 Å². The van der Waals surface area contributed by atoms with Crippen LogP contribution in [0.15, 0.2) is 18.2 Å². The van der Waals surface area contributed by atoms with Crippen LogP contribution in [0, 0.1) is 6.92 Å². The van der Waals surface area contributed by atoms with Gasteiger partial charge < -0.3 is 14.8 Å². The van der Waals surface area contributed by atoms with E-state index in [1.165, 1.54) is 7.11 Å². The molecule has 1 N–H and O–H groups in total. The highest BCUT2D eigenvalue weighted by Gasteiger charge is 2.16. The van der Waals surface area contributed by atoms with Gasteiger partial charge in [-0.1, -0.05) is 6.92 Å². The Hall–Kier alpha value is -2.04. The second-order valence-corrected chi connectivity index (χ2v) is 4.54. The molecule has 0 heterocycles. The average molecular weight is 279 g/mol. The van der Waals surface area contributed by atoms with Crippen LogP contribution in [-0.4, -0.2) is 32.1 Å². The van der Waals surface area contributed by atoms with Gasteiger partial charge in [-0.05, 0) is 37.1 Å². The highest BCUT2D eigenvalue weighted by molar-refractivity contribution is 5.95. The first-order chi connectivity index (χ1) is 9.51. The molecule has 0 fully saturated rings. The number of carbonyl (C=O) groups is 2. The standard InChI is InChI=1S/C15H21NO4/c1-5-12(9-14(17)20-4)16-15(18)11-6-7-13(19-3)10(2)8-11/h6-8,12H,5,9H2,1-4H3,(H,16,18). The zero-order valence-corrected chi connectivity index (χ0v) is 12.4. The molecule has 1 unspecified atom stereocenters. The quantitative estimate of drug-likeness (QED) is 0.810. The molecule has 1 atom stereocenters. The lowest BCUT2D eigenvalue weighted by Crippen LogP contribution is -2.36. The Morgan fingerprint density at radius 1 is 1.30 bits per heavy atom. The third kappa shape index (κ3) is 4.26. The van der Waals surface area contributed by atoms with E-state index in [1.54, 1.807) is 25.3 Å². The predicted octanol–water partition coefficient (Wildman–Crippen LogP) is 2.08. The maximum Gasteiger partial charge on any atom is 0.307 e. The molecular formula is C15H21NO4. The van der Waals surface area contributed by atoms with Crippen molar-refractivity contribution in [3.63, 3.8) is 0 Å². The number of rotatable bonds is 6. The summed E-state index contributed by atoms with van der Waals surface area (Å²) in [6.07, 6.45) is 0.837. The van der Waals surface area contributed by atoms with E-state index in [1.807, 2.05) is 13.8 Å². The zero-order valence-electron chi connectivity index (χ0n) is 12.4. The van der Waals surface area contributed by atoms with Crippen LogP contribution in [0.25, 0.3) is 0 Å². The third-order valence-electron chi connectivity index (χ3n) is 3.13. The first-order valence-corrected chi connectivity index (χ1v) is 6.54. The first-order valence-electron chi connectivity index (χ1n) is 6.54. The van der Waals surface area contributed by atoms with Crippen molar-refractivity contribution in [1.29, 1.82) is 0 Å². The molecule has 1 aromatic carbocycles. The molecule has 1 amide bonds. The molecule has 0 bridgehead atoms. The topological polar surface area (TPSA) is 64.6 Å². The average Bonchev–Trinajstić information content (AvgIpc) is 2.45. The summed E-state index contributed by atoms with van der Waals surface area (Å²) < 4.78 is 9.77. The van der Waals surface area contributed by atoms with E-state index in [9.17, 15) is 9.59 Å². The molecule has 0 aliphatic rings. The molecular weight excluding hydrogens is 258 g/mol. The van der Waals surface area contributed by atoms with Crippen molar-refractivity contribution >= 4 is 11.9 Å². The smallest absolute Gasteiger partial charge is 0.307 e. The Labute approximate surface area is 119 Å². The minimum atomic E-state index is -0.330. The number of amides is 1. The highest BCUT2D eigenvalue weighted by atomic mass is 16.5. The molecule has 1 aromatic rings. The normalized spacial score (nSPS) is 11.6. The first kappa shape index (κ1) is 16.0. The Kier molecular flexibility index (Phi) is 6.03. The van der Waals surface area contributed by atoms with Gasteiger partial charge in [0.1, 0.15) is 5.75 Å². The fourth-order valence-corrected chi connectivity index (χ4v) is 1.87. The van der Waals surface area contributed by atoms with Crippen molar-refractivity contribution in [2.75, 3.05) is 14.2 Å². The van der Waals surface area contributed by atoms with Gasteiger partial charge in [0.05, 0.1) is 20.6 Å². The van der Waals surface area contributed by atoms with E-state index < -0.39 is 0 Å². The van der Waals surface area contributed by atoms with E-state index in [2.05, 4.69) is 10.1 Å². The number of ether oxygens (including phenoxy) is 2. The molecule has 5 heteroatoms. The van der Waals surface area contributed by atoms with Crippen LogP contribution in [0.5, 0.6) is 5.75 Å². The van der Waals surface area contributed by atoms with Crippen LogP contribution in [-0.2, 0) is 9.53 Å². The number of benzene rings is 1. The number of methoxy groups -OCH3 is 2. The van der Waals surface area contributed by atoms with Crippen LogP contribution in [0.3, 0.4) is 0 Å². The molecule has 0 aliphatic heterocycles. The molecule has 0 saturated carbocycles. The van der Waals surface area contributed by atoms with E-state index in [-0.39, 0.29) is 24.3 Å². The van der Waals surface area contributed by atoms with Crippen molar-refractivity contribution in [3.05, 3.63) is 29.3 Å². The van der Waals surface area contributed by atoms with Crippen molar-refractivity contribution in [2.24, 2.45) is 0 Å². The molecule has 0 aromatic heterocycles. The summed E-state index contributed by atoms with van der Waals surface area (Å²) in [6, 6.07) is 4.99. The largest absolute Gasteiger partial charge is 0.496 e.